The molecule has 25 heavy (non-hydrogen) atoms. The van der Waals surface area contributed by atoms with E-state index in [4.69, 9.17) is 9.15 Å². The van der Waals surface area contributed by atoms with E-state index in [1.807, 2.05) is 0 Å². The van der Waals surface area contributed by atoms with Crippen molar-refractivity contribution in [1.29, 1.82) is 0 Å². The predicted molar refractivity (Wildman–Crippen MR) is 85.9 cm³/mol. The molecule has 1 aromatic heterocycles. The van der Waals surface area contributed by atoms with Crippen molar-refractivity contribution in [2.24, 2.45) is 0 Å². The summed E-state index contributed by atoms with van der Waals surface area (Å²) < 4.78 is 23.7. The van der Waals surface area contributed by atoms with E-state index in [9.17, 15) is 24.4 Å². The molecule has 0 radical (unpaired) electrons. The Balaban J connectivity index is 2.39. The van der Waals surface area contributed by atoms with Gasteiger partial charge in [0.25, 0.3) is 0 Å². The van der Waals surface area contributed by atoms with Crippen LogP contribution in [0.1, 0.15) is 17.3 Å². The molecular weight excluding hydrogens is 333 g/mol. The fourth-order valence-electron chi connectivity index (χ4n) is 2.55. The highest BCUT2D eigenvalue weighted by atomic mass is 19.1. The third-order valence-electron chi connectivity index (χ3n) is 3.58. The molecule has 0 bridgehead atoms. The molecule has 0 spiro atoms. The quantitative estimate of drug-likeness (QED) is 0.435. The molecule has 0 atom stereocenters. The van der Waals surface area contributed by atoms with Gasteiger partial charge >= 0.3 is 11.7 Å². The van der Waals surface area contributed by atoms with Gasteiger partial charge in [-0.3, -0.25) is 10.1 Å². The van der Waals surface area contributed by atoms with Crippen molar-refractivity contribution >= 4 is 22.6 Å². The van der Waals surface area contributed by atoms with Gasteiger partial charge < -0.3 is 14.3 Å². The molecule has 2 aromatic carbocycles. The van der Waals surface area contributed by atoms with Crippen molar-refractivity contribution in [2.75, 3.05) is 6.61 Å². The van der Waals surface area contributed by atoms with Crippen LogP contribution in [0.4, 0.5) is 10.1 Å². The van der Waals surface area contributed by atoms with Gasteiger partial charge in [-0.05, 0) is 43.3 Å². The number of hydrogen-bond donors (Lipinski definition) is 1. The number of fused-ring (bicyclic) bond motifs is 1. The Labute approximate surface area is 140 Å². The highest BCUT2D eigenvalue weighted by Gasteiger charge is 2.31. The van der Waals surface area contributed by atoms with E-state index >= 15 is 0 Å². The molecule has 0 saturated carbocycles. The fourth-order valence-corrected chi connectivity index (χ4v) is 2.55. The first-order valence-electron chi connectivity index (χ1n) is 7.30. The van der Waals surface area contributed by atoms with Crippen LogP contribution in [0.15, 0.2) is 40.8 Å². The van der Waals surface area contributed by atoms with E-state index in [-0.39, 0.29) is 28.9 Å². The molecule has 0 aliphatic rings. The van der Waals surface area contributed by atoms with E-state index < -0.39 is 28.1 Å². The van der Waals surface area contributed by atoms with Crippen LogP contribution >= 0.6 is 0 Å². The first-order valence-corrected chi connectivity index (χ1v) is 7.30. The van der Waals surface area contributed by atoms with E-state index in [1.54, 1.807) is 6.92 Å². The second kappa shape index (κ2) is 6.23. The maximum absolute atomic E-state index is 13.2. The van der Waals surface area contributed by atoms with Gasteiger partial charge in [0.1, 0.15) is 28.1 Å². The van der Waals surface area contributed by atoms with E-state index in [1.165, 1.54) is 30.3 Å². The number of furan rings is 1. The fraction of sp³-hybridized carbons (Fsp3) is 0.118. The lowest BCUT2D eigenvalue weighted by molar-refractivity contribution is -0.384. The van der Waals surface area contributed by atoms with E-state index in [0.717, 1.165) is 6.07 Å². The minimum Gasteiger partial charge on any atom is -0.502 e. The summed E-state index contributed by atoms with van der Waals surface area (Å²) in [4.78, 5) is 23.0. The van der Waals surface area contributed by atoms with E-state index in [0.29, 0.717) is 5.56 Å². The summed E-state index contributed by atoms with van der Waals surface area (Å²) in [5.74, 6) is -1.92. The molecule has 3 rings (SSSR count). The highest BCUT2D eigenvalue weighted by molar-refractivity contribution is 6.12. The van der Waals surface area contributed by atoms with Crippen molar-refractivity contribution in [2.45, 2.75) is 6.92 Å². The molecule has 0 amide bonds. The molecular formula is C17H12FNO6. The zero-order valence-electron chi connectivity index (χ0n) is 13.0. The average molecular weight is 345 g/mol. The summed E-state index contributed by atoms with van der Waals surface area (Å²) in [5, 5.41) is 21.0. The van der Waals surface area contributed by atoms with Crippen LogP contribution in [0, 0.1) is 15.9 Å². The van der Waals surface area contributed by atoms with Crippen molar-refractivity contribution in [3.8, 4) is 17.1 Å². The smallest absolute Gasteiger partial charge is 0.342 e. The standard InChI is InChI=1S/C17H12FNO6/c1-2-24-17(21)14-13-12(8-7-11(20)15(13)19(22)23)25-16(14)9-3-5-10(18)6-4-9/h3-8,20H,2H2,1H3. The maximum Gasteiger partial charge on any atom is 0.342 e. The monoisotopic (exact) mass is 345 g/mol. The molecule has 7 nitrogen and oxygen atoms in total. The molecule has 8 heteroatoms. The van der Waals surface area contributed by atoms with Crippen LogP contribution in [0.5, 0.6) is 5.75 Å². The lowest BCUT2D eigenvalue weighted by Crippen LogP contribution is -2.06. The molecule has 3 aromatic rings. The van der Waals surface area contributed by atoms with Crippen LogP contribution in [-0.4, -0.2) is 22.6 Å². The van der Waals surface area contributed by atoms with E-state index in [2.05, 4.69) is 0 Å². The van der Waals surface area contributed by atoms with Crippen molar-refractivity contribution < 1.29 is 28.4 Å². The Morgan fingerprint density at radius 3 is 2.56 bits per heavy atom. The Kier molecular flexibility index (Phi) is 4.10. The highest BCUT2D eigenvalue weighted by Crippen LogP contribution is 2.42. The van der Waals surface area contributed by atoms with Crippen LogP contribution in [-0.2, 0) is 4.74 Å². The summed E-state index contributed by atoms with van der Waals surface area (Å²) in [6.07, 6.45) is 0. The predicted octanol–water partition coefficient (Wildman–Crippen LogP) is 4.03. The number of phenols is 1. The Morgan fingerprint density at radius 1 is 1.28 bits per heavy atom. The molecule has 0 fully saturated rings. The third-order valence-corrected chi connectivity index (χ3v) is 3.58. The summed E-state index contributed by atoms with van der Waals surface area (Å²) in [6.45, 7) is 1.63. The van der Waals surface area contributed by atoms with Gasteiger partial charge in [0, 0.05) is 5.56 Å². The lowest BCUT2D eigenvalue weighted by atomic mass is 10.0. The van der Waals surface area contributed by atoms with Crippen LogP contribution in [0.25, 0.3) is 22.3 Å². The number of nitrogens with zero attached hydrogens (tertiary/aromatic N) is 1. The number of halogens is 1. The molecule has 0 unspecified atom stereocenters. The van der Waals surface area contributed by atoms with Gasteiger partial charge in [-0.1, -0.05) is 0 Å². The molecule has 0 saturated heterocycles. The molecule has 0 aliphatic carbocycles. The average Bonchev–Trinajstić information content (AvgIpc) is 2.94. The number of rotatable bonds is 4. The second-order valence-electron chi connectivity index (χ2n) is 5.10. The first kappa shape index (κ1) is 16.4. The zero-order valence-corrected chi connectivity index (χ0v) is 13.0. The number of esters is 1. The normalized spacial score (nSPS) is 10.8. The van der Waals surface area contributed by atoms with Crippen molar-refractivity contribution in [3.63, 3.8) is 0 Å². The SMILES string of the molecule is CCOC(=O)c1c(-c2ccc(F)cc2)oc2ccc(O)c([N+](=O)[O-])c12. The maximum atomic E-state index is 13.2. The summed E-state index contributed by atoms with van der Waals surface area (Å²) >= 11 is 0. The van der Waals surface area contributed by atoms with Gasteiger partial charge in [0.2, 0.25) is 0 Å². The van der Waals surface area contributed by atoms with Crippen molar-refractivity contribution in [1.82, 2.24) is 0 Å². The number of carbonyl (C=O) groups excluding carboxylic acids is 1. The Hall–Kier alpha value is -3.42. The number of nitro groups is 1. The lowest BCUT2D eigenvalue weighted by Gasteiger charge is -2.04. The van der Waals surface area contributed by atoms with Crippen molar-refractivity contribution in [3.05, 3.63) is 57.9 Å². The Bertz CT molecular complexity index is 977. The van der Waals surface area contributed by atoms with Crippen LogP contribution in [0.3, 0.4) is 0 Å². The van der Waals surface area contributed by atoms with Gasteiger partial charge in [0.05, 0.1) is 11.5 Å². The number of benzene rings is 2. The number of carbonyl (C=O) groups is 1. The minimum absolute atomic E-state index is 0.00199. The van der Waals surface area contributed by atoms with Crippen LogP contribution < -0.4 is 0 Å². The topological polar surface area (TPSA) is 103 Å². The summed E-state index contributed by atoms with van der Waals surface area (Å²) in [7, 11) is 0. The summed E-state index contributed by atoms with van der Waals surface area (Å²) in [5.41, 5.74) is -0.468. The van der Waals surface area contributed by atoms with Gasteiger partial charge in [-0.25, -0.2) is 9.18 Å². The first-order chi connectivity index (χ1) is 11.9. The molecule has 128 valence electrons. The second-order valence-corrected chi connectivity index (χ2v) is 5.10. The molecule has 1 heterocycles. The zero-order chi connectivity index (χ0) is 18.1. The number of phenolic OH excluding ortho intramolecular Hbond substituents is 1. The number of ether oxygens (including phenoxy) is 1. The van der Waals surface area contributed by atoms with Gasteiger partial charge in [-0.2, -0.15) is 0 Å². The largest absolute Gasteiger partial charge is 0.502 e. The minimum atomic E-state index is -0.839. The number of aromatic hydroxyl groups is 1. The molecule has 1 N–H and O–H groups in total. The van der Waals surface area contributed by atoms with Gasteiger partial charge in [-0.15, -0.1) is 0 Å². The Morgan fingerprint density at radius 2 is 1.96 bits per heavy atom. The van der Waals surface area contributed by atoms with Crippen LogP contribution in [0.2, 0.25) is 0 Å². The number of nitro benzene ring substituents is 1. The molecule has 0 aliphatic heterocycles. The van der Waals surface area contributed by atoms with Gasteiger partial charge in [0.15, 0.2) is 5.75 Å². The number of hydrogen-bond acceptors (Lipinski definition) is 6. The third kappa shape index (κ3) is 2.78. The summed E-state index contributed by atoms with van der Waals surface area (Å²) in [6, 6.07) is 7.51.